The quantitative estimate of drug-likeness (QED) is 0.809. The average molecular weight is 272 g/mol. The number of carbonyl (C=O) groups is 1. The summed E-state index contributed by atoms with van der Waals surface area (Å²) in [5.41, 5.74) is 0.781. The molecule has 0 aliphatic carbocycles. The van der Waals surface area contributed by atoms with E-state index in [1.54, 1.807) is 0 Å². The van der Waals surface area contributed by atoms with Gasteiger partial charge in [0.2, 0.25) is 5.89 Å². The van der Waals surface area contributed by atoms with Crippen LogP contribution in [-0.2, 0) is 16.6 Å². The molecule has 0 spiro atoms. The smallest absolute Gasteiger partial charge is 0.234 e. The lowest BCUT2D eigenvalue weighted by Crippen LogP contribution is -2.20. The molecule has 20 heavy (non-hydrogen) atoms. The minimum atomic E-state index is -0.336. The molecule has 0 radical (unpaired) electrons. The minimum Gasteiger partial charge on any atom is -0.339 e. The fourth-order valence-electron chi connectivity index (χ4n) is 2.10. The second-order valence-electron chi connectivity index (χ2n) is 5.47. The SMILES string of the molecule is CCCC(=O)Cc1nc(C(C)(C)c2ccccc2)no1. The van der Waals surface area contributed by atoms with Gasteiger partial charge < -0.3 is 4.52 Å². The summed E-state index contributed by atoms with van der Waals surface area (Å²) in [5.74, 6) is 1.16. The highest BCUT2D eigenvalue weighted by molar-refractivity contribution is 5.79. The van der Waals surface area contributed by atoms with E-state index in [4.69, 9.17) is 4.52 Å². The van der Waals surface area contributed by atoms with Crippen LogP contribution in [0.15, 0.2) is 34.9 Å². The van der Waals surface area contributed by atoms with Gasteiger partial charge in [-0.15, -0.1) is 0 Å². The highest BCUT2D eigenvalue weighted by Crippen LogP contribution is 2.28. The van der Waals surface area contributed by atoms with Crippen molar-refractivity contribution in [2.75, 3.05) is 0 Å². The maximum atomic E-state index is 11.6. The Morgan fingerprint density at radius 1 is 1.25 bits per heavy atom. The zero-order chi connectivity index (χ0) is 14.6. The van der Waals surface area contributed by atoms with Gasteiger partial charge in [-0.25, -0.2) is 0 Å². The number of ketones is 1. The highest BCUT2D eigenvalue weighted by Gasteiger charge is 2.28. The van der Waals surface area contributed by atoms with E-state index < -0.39 is 0 Å². The molecule has 4 nitrogen and oxygen atoms in total. The second kappa shape index (κ2) is 5.99. The molecule has 1 heterocycles. The van der Waals surface area contributed by atoms with Crippen LogP contribution in [0.3, 0.4) is 0 Å². The first kappa shape index (κ1) is 14.4. The number of Topliss-reactive ketones (excluding diaryl/α,β-unsaturated/α-hetero) is 1. The van der Waals surface area contributed by atoms with Gasteiger partial charge in [-0.05, 0) is 25.8 Å². The van der Waals surface area contributed by atoms with E-state index in [1.165, 1.54) is 0 Å². The third-order valence-corrected chi connectivity index (χ3v) is 3.40. The molecule has 0 aliphatic rings. The van der Waals surface area contributed by atoms with E-state index in [-0.39, 0.29) is 17.6 Å². The van der Waals surface area contributed by atoms with Crippen molar-refractivity contribution in [3.63, 3.8) is 0 Å². The van der Waals surface area contributed by atoms with Crippen LogP contribution in [0.5, 0.6) is 0 Å². The molecule has 0 amide bonds. The summed E-state index contributed by atoms with van der Waals surface area (Å²) < 4.78 is 5.21. The molecule has 0 atom stereocenters. The van der Waals surface area contributed by atoms with Crippen LogP contribution in [0.4, 0.5) is 0 Å². The molecule has 106 valence electrons. The Morgan fingerprint density at radius 2 is 1.95 bits per heavy atom. The summed E-state index contributed by atoms with van der Waals surface area (Å²) in [7, 11) is 0. The fourth-order valence-corrected chi connectivity index (χ4v) is 2.10. The maximum Gasteiger partial charge on any atom is 0.234 e. The van der Waals surface area contributed by atoms with Crippen molar-refractivity contribution in [1.82, 2.24) is 10.1 Å². The predicted molar refractivity (Wildman–Crippen MR) is 76.5 cm³/mol. The summed E-state index contributed by atoms with van der Waals surface area (Å²) in [6.45, 7) is 6.07. The summed E-state index contributed by atoms with van der Waals surface area (Å²) in [5, 5.41) is 4.04. The molecule has 0 saturated heterocycles. The topological polar surface area (TPSA) is 56.0 Å². The van der Waals surface area contributed by atoms with Crippen LogP contribution in [0.1, 0.15) is 50.9 Å². The number of nitrogens with zero attached hydrogens (tertiary/aromatic N) is 2. The van der Waals surface area contributed by atoms with E-state index in [2.05, 4.69) is 10.1 Å². The average Bonchev–Trinajstić information content (AvgIpc) is 2.89. The normalized spacial score (nSPS) is 11.6. The first-order chi connectivity index (χ1) is 9.54. The standard InChI is InChI=1S/C16H20N2O2/c1-4-8-13(19)11-14-17-15(18-20-14)16(2,3)12-9-6-5-7-10-12/h5-7,9-10H,4,8,11H2,1-3H3. The van der Waals surface area contributed by atoms with Crippen LogP contribution in [0, 0.1) is 0 Å². The molecule has 0 saturated carbocycles. The Balaban J connectivity index is 2.18. The zero-order valence-electron chi connectivity index (χ0n) is 12.2. The Bertz CT molecular complexity index is 573. The van der Waals surface area contributed by atoms with Crippen LogP contribution < -0.4 is 0 Å². The Labute approximate surface area is 119 Å². The van der Waals surface area contributed by atoms with Crippen molar-refractivity contribution >= 4 is 5.78 Å². The van der Waals surface area contributed by atoms with Crippen molar-refractivity contribution in [3.05, 3.63) is 47.6 Å². The molecule has 0 bridgehead atoms. The van der Waals surface area contributed by atoms with Crippen molar-refractivity contribution < 1.29 is 9.32 Å². The Morgan fingerprint density at radius 3 is 2.60 bits per heavy atom. The van der Waals surface area contributed by atoms with Crippen LogP contribution >= 0.6 is 0 Å². The van der Waals surface area contributed by atoms with Gasteiger partial charge in [-0.2, -0.15) is 4.98 Å². The van der Waals surface area contributed by atoms with Crippen molar-refractivity contribution in [3.8, 4) is 0 Å². The number of aromatic nitrogens is 2. The van der Waals surface area contributed by atoms with Gasteiger partial charge in [-0.3, -0.25) is 4.79 Å². The molecular weight excluding hydrogens is 252 g/mol. The maximum absolute atomic E-state index is 11.6. The second-order valence-corrected chi connectivity index (χ2v) is 5.47. The zero-order valence-corrected chi connectivity index (χ0v) is 12.2. The molecular formula is C16H20N2O2. The van der Waals surface area contributed by atoms with E-state index >= 15 is 0 Å². The molecule has 4 heteroatoms. The van der Waals surface area contributed by atoms with Gasteiger partial charge in [-0.1, -0.05) is 42.4 Å². The number of carbonyl (C=O) groups excluding carboxylic acids is 1. The van der Waals surface area contributed by atoms with Crippen molar-refractivity contribution in [1.29, 1.82) is 0 Å². The molecule has 0 fully saturated rings. The molecule has 0 N–H and O–H groups in total. The molecule has 0 aliphatic heterocycles. The molecule has 2 rings (SSSR count). The Kier molecular flexibility index (Phi) is 4.32. The van der Waals surface area contributed by atoms with Gasteiger partial charge in [0.1, 0.15) is 5.78 Å². The van der Waals surface area contributed by atoms with Gasteiger partial charge in [0.25, 0.3) is 0 Å². The van der Waals surface area contributed by atoms with E-state index in [1.807, 2.05) is 51.1 Å². The van der Waals surface area contributed by atoms with E-state index in [9.17, 15) is 4.79 Å². The number of rotatable bonds is 6. The number of hydrogen-bond acceptors (Lipinski definition) is 4. The largest absolute Gasteiger partial charge is 0.339 e. The molecule has 1 aromatic carbocycles. The van der Waals surface area contributed by atoms with Crippen molar-refractivity contribution in [2.24, 2.45) is 0 Å². The van der Waals surface area contributed by atoms with E-state index in [0.29, 0.717) is 18.1 Å². The number of benzene rings is 1. The van der Waals surface area contributed by atoms with Crippen LogP contribution in [0.25, 0.3) is 0 Å². The third kappa shape index (κ3) is 3.13. The van der Waals surface area contributed by atoms with Crippen molar-refractivity contribution in [2.45, 2.75) is 45.4 Å². The lowest BCUT2D eigenvalue weighted by molar-refractivity contribution is -0.118. The summed E-state index contributed by atoms with van der Waals surface area (Å²) in [4.78, 5) is 16.0. The molecule has 2 aromatic rings. The fraction of sp³-hybridized carbons (Fsp3) is 0.438. The monoisotopic (exact) mass is 272 g/mol. The van der Waals surface area contributed by atoms with Gasteiger partial charge in [0.05, 0.1) is 11.8 Å². The van der Waals surface area contributed by atoms with Gasteiger partial charge >= 0.3 is 0 Å². The van der Waals surface area contributed by atoms with Gasteiger partial charge in [0.15, 0.2) is 5.82 Å². The summed E-state index contributed by atoms with van der Waals surface area (Å²) in [6.07, 6.45) is 1.63. The third-order valence-electron chi connectivity index (χ3n) is 3.40. The first-order valence-corrected chi connectivity index (χ1v) is 6.94. The highest BCUT2D eigenvalue weighted by atomic mass is 16.5. The van der Waals surface area contributed by atoms with Gasteiger partial charge in [0, 0.05) is 6.42 Å². The summed E-state index contributed by atoms with van der Waals surface area (Å²) in [6, 6.07) is 10.0. The number of hydrogen-bond donors (Lipinski definition) is 0. The predicted octanol–water partition coefficient (Wildman–Crippen LogP) is 3.31. The first-order valence-electron chi connectivity index (χ1n) is 6.94. The van der Waals surface area contributed by atoms with E-state index in [0.717, 1.165) is 12.0 Å². The molecule has 1 aromatic heterocycles. The molecule has 0 unspecified atom stereocenters. The van der Waals surface area contributed by atoms with Crippen LogP contribution in [-0.4, -0.2) is 15.9 Å². The lowest BCUT2D eigenvalue weighted by Gasteiger charge is -2.20. The minimum absolute atomic E-state index is 0.139. The lowest BCUT2D eigenvalue weighted by atomic mass is 9.84. The van der Waals surface area contributed by atoms with Crippen LogP contribution in [0.2, 0.25) is 0 Å². The Hall–Kier alpha value is -1.97. The summed E-state index contributed by atoms with van der Waals surface area (Å²) >= 11 is 0.